The molecule has 0 aliphatic heterocycles. The molecule has 126 valence electrons. The molecular weight excluding hydrogens is 326 g/mol. The van der Waals surface area contributed by atoms with Crippen LogP contribution in [0.25, 0.3) is 11.3 Å². The number of hydrogen-bond acceptors (Lipinski definition) is 5. The van der Waals surface area contributed by atoms with Crippen LogP contribution in [0.3, 0.4) is 0 Å². The molecule has 3 aromatic rings. The van der Waals surface area contributed by atoms with E-state index in [1.54, 1.807) is 11.0 Å². The van der Waals surface area contributed by atoms with E-state index in [0.717, 1.165) is 22.8 Å². The minimum Gasteiger partial charge on any atom is -0.439 e. The molecule has 7 heteroatoms. The standard InChI is InChI=1S/C17H20ClN5O/c1-11-16(13-5-7-14(18)8-6-13)24-17(21-11)12(2)22(3)9-15-19-10-20-23(15)4/h5-8,10,12H,9H2,1-4H3/t12-/m0/s1. The molecule has 3 rings (SSSR count). The lowest BCUT2D eigenvalue weighted by atomic mass is 10.1. The fraction of sp³-hybridized carbons (Fsp3) is 0.353. The Kier molecular flexibility index (Phi) is 4.69. The zero-order valence-corrected chi connectivity index (χ0v) is 14.9. The van der Waals surface area contributed by atoms with Crippen molar-refractivity contribution in [2.45, 2.75) is 26.4 Å². The molecule has 0 saturated carbocycles. The highest BCUT2D eigenvalue weighted by atomic mass is 35.5. The predicted octanol–water partition coefficient (Wildman–Crippen LogP) is 3.62. The van der Waals surface area contributed by atoms with Gasteiger partial charge in [0.1, 0.15) is 12.2 Å². The molecule has 0 fully saturated rings. The molecule has 1 atom stereocenters. The Labute approximate surface area is 146 Å². The Morgan fingerprint density at radius 2 is 2.00 bits per heavy atom. The first kappa shape index (κ1) is 16.7. The van der Waals surface area contributed by atoms with Gasteiger partial charge in [0.05, 0.1) is 18.3 Å². The van der Waals surface area contributed by atoms with Crippen LogP contribution >= 0.6 is 11.6 Å². The molecule has 0 saturated heterocycles. The zero-order chi connectivity index (χ0) is 17.3. The summed E-state index contributed by atoms with van der Waals surface area (Å²) in [4.78, 5) is 11.0. The van der Waals surface area contributed by atoms with Gasteiger partial charge >= 0.3 is 0 Å². The number of aromatic nitrogens is 4. The van der Waals surface area contributed by atoms with Crippen molar-refractivity contribution in [2.24, 2.45) is 7.05 Å². The number of rotatable bonds is 5. The van der Waals surface area contributed by atoms with Crippen molar-refractivity contribution >= 4 is 11.6 Å². The van der Waals surface area contributed by atoms with Crippen LogP contribution in [-0.4, -0.2) is 31.7 Å². The van der Waals surface area contributed by atoms with E-state index in [4.69, 9.17) is 16.0 Å². The van der Waals surface area contributed by atoms with E-state index in [1.165, 1.54) is 0 Å². The first-order chi connectivity index (χ1) is 11.5. The van der Waals surface area contributed by atoms with Gasteiger partial charge in [0.25, 0.3) is 0 Å². The number of aryl methyl sites for hydroxylation is 2. The van der Waals surface area contributed by atoms with Crippen molar-refractivity contribution in [1.29, 1.82) is 0 Å². The molecule has 6 nitrogen and oxygen atoms in total. The van der Waals surface area contributed by atoms with Gasteiger partial charge in [-0.15, -0.1) is 0 Å². The summed E-state index contributed by atoms with van der Waals surface area (Å²) in [7, 11) is 3.90. The van der Waals surface area contributed by atoms with E-state index < -0.39 is 0 Å². The van der Waals surface area contributed by atoms with Crippen molar-refractivity contribution in [3.63, 3.8) is 0 Å². The lowest BCUT2D eigenvalue weighted by molar-refractivity contribution is 0.211. The molecule has 2 aromatic heterocycles. The normalized spacial score (nSPS) is 12.8. The summed E-state index contributed by atoms with van der Waals surface area (Å²) >= 11 is 5.95. The molecule has 0 aliphatic rings. The predicted molar refractivity (Wildman–Crippen MR) is 92.6 cm³/mol. The van der Waals surface area contributed by atoms with E-state index in [-0.39, 0.29) is 6.04 Å². The minimum atomic E-state index is 0.0152. The highest BCUT2D eigenvalue weighted by Gasteiger charge is 2.21. The summed E-state index contributed by atoms with van der Waals surface area (Å²) < 4.78 is 7.80. The molecule has 0 aliphatic carbocycles. The van der Waals surface area contributed by atoms with Crippen LogP contribution in [0.2, 0.25) is 5.02 Å². The summed E-state index contributed by atoms with van der Waals surface area (Å²) in [6.07, 6.45) is 1.56. The van der Waals surface area contributed by atoms with Gasteiger partial charge in [-0.3, -0.25) is 9.58 Å². The Bertz CT molecular complexity index is 824. The van der Waals surface area contributed by atoms with Crippen molar-refractivity contribution in [3.05, 3.63) is 53.0 Å². The molecule has 2 heterocycles. The fourth-order valence-corrected chi connectivity index (χ4v) is 2.60. The lowest BCUT2D eigenvalue weighted by Crippen LogP contribution is -2.24. The van der Waals surface area contributed by atoms with Gasteiger partial charge in [0.2, 0.25) is 5.89 Å². The molecule has 1 aromatic carbocycles. The third kappa shape index (κ3) is 3.34. The Morgan fingerprint density at radius 3 is 2.62 bits per heavy atom. The van der Waals surface area contributed by atoms with Gasteiger partial charge in [-0.25, -0.2) is 9.97 Å². The highest BCUT2D eigenvalue weighted by molar-refractivity contribution is 6.30. The third-order valence-corrected chi connectivity index (χ3v) is 4.39. The first-order valence-corrected chi connectivity index (χ1v) is 8.10. The highest BCUT2D eigenvalue weighted by Crippen LogP contribution is 2.29. The molecule has 24 heavy (non-hydrogen) atoms. The largest absolute Gasteiger partial charge is 0.439 e. The molecule has 0 unspecified atom stereocenters. The number of hydrogen-bond donors (Lipinski definition) is 0. The monoisotopic (exact) mass is 345 g/mol. The van der Waals surface area contributed by atoms with Gasteiger partial charge in [0.15, 0.2) is 5.76 Å². The Balaban J connectivity index is 1.80. The third-order valence-electron chi connectivity index (χ3n) is 4.13. The van der Waals surface area contributed by atoms with E-state index in [1.807, 2.05) is 45.3 Å². The van der Waals surface area contributed by atoms with E-state index >= 15 is 0 Å². The molecular formula is C17H20ClN5O. The minimum absolute atomic E-state index is 0.0152. The average molecular weight is 346 g/mol. The Hall–Kier alpha value is -2.18. The average Bonchev–Trinajstić information content (AvgIpc) is 3.14. The van der Waals surface area contributed by atoms with Gasteiger partial charge < -0.3 is 4.42 Å². The van der Waals surface area contributed by atoms with Crippen molar-refractivity contribution in [1.82, 2.24) is 24.6 Å². The lowest BCUT2D eigenvalue weighted by Gasteiger charge is -2.21. The van der Waals surface area contributed by atoms with Crippen LogP contribution in [-0.2, 0) is 13.6 Å². The fourth-order valence-electron chi connectivity index (χ4n) is 2.48. The van der Waals surface area contributed by atoms with Crippen molar-refractivity contribution in [3.8, 4) is 11.3 Å². The number of halogens is 1. The summed E-state index contributed by atoms with van der Waals surface area (Å²) in [5, 5.41) is 4.80. The second-order valence-corrected chi connectivity index (χ2v) is 6.30. The number of benzene rings is 1. The van der Waals surface area contributed by atoms with Crippen molar-refractivity contribution in [2.75, 3.05) is 7.05 Å². The van der Waals surface area contributed by atoms with Crippen LogP contribution in [0, 0.1) is 6.92 Å². The topological polar surface area (TPSA) is 60.0 Å². The number of nitrogens with zero attached hydrogens (tertiary/aromatic N) is 5. The summed E-state index contributed by atoms with van der Waals surface area (Å²) in [5.74, 6) is 2.35. The van der Waals surface area contributed by atoms with Gasteiger partial charge in [0, 0.05) is 17.6 Å². The van der Waals surface area contributed by atoms with Crippen LogP contribution < -0.4 is 0 Å². The van der Waals surface area contributed by atoms with Crippen LogP contribution in [0.1, 0.15) is 30.4 Å². The second kappa shape index (κ2) is 6.75. The van der Waals surface area contributed by atoms with E-state index in [0.29, 0.717) is 17.5 Å². The SMILES string of the molecule is Cc1nc([C@H](C)N(C)Cc2ncnn2C)oc1-c1ccc(Cl)cc1. The summed E-state index contributed by atoms with van der Waals surface area (Å²) in [6, 6.07) is 7.59. The van der Waals surface area contributed by atoms with E-state index in [9.17, 15) is 0 Å². The van der Waals surface area contributed by atoms with Gasteiger partial charge in [-0.05, 0) is 45.2 Å². The maximum Gasteiger partial charge on any atom is 0.212 e. The summed E-state index contributed by atoms with van der Waals surface area (Å²) in [5.41, 5.74) is 1.84. The van der Waals surface area contributed by atoms with Crippen LogP contribution in [0.5, 0.6) is 0 Å². The molecule has 0 radical (unpaired) electrons. The maximum absolute atomic E-state index is 6.03. The van der Waals surface area contributed by atoms with Crippen LogP contribution in [0.4, 0.5) is 0 Å². The van der Waals surface area contributed by atoms with Crippen molar-refractivity contribution < 1.29 is 4.42 Å². The molecule has 0 bridgehead atoms. The zero-order valence-electron chi connectivity index (χ0n) is 14.2. The quantitative estimate of drug-likeness (QED) is 0.706. The smallest absolute Gasteiger partial charge is 0.212 e. The molecule has 0 amide bonds. The molecule has 0 spiro atoms. The second-order valence-electron chi connectivity index (χ2n) is 5.86. The van der Waals surface area contributed by atoms with Gasteiger partial charge in [-0.1, -0.05) is 11.6 Å². The Morgan fingerprint density at radius 1 is 1.29 bits per heavy atom. The number of oxazole rings is 1. The molecule has 0 N–H and O–H groups in total. The maximum atomic E-state index is 6.03. The van der Waals surface area contributed by atoms with Crippen LogP contribution in [0.15, 0.2) is 35.0 Å². The summed E-state index contributed by atoms with van der Waals surface area (Å²) in [6.45, 7) is 4.68. The first-order valence-electron chi connectivity index (χ1n) is 7.72. The van der Waals surface area contributed by atoms with Gasteiger partial charge in [-0.2, -0.15) is 5.10 Å². The van der Waals surface area contributed by atoms with E-state index in [2.05, 4.69) is 26.9 Å².